The fourth-order valence-electron chi connectivity index (χ4n) is 4.97. The molecule has 3 aromatic heterocycles. The van der Waals surface area contributed by atoms with Crippen LogP contribution in [0.2, 0.25) is 0 Å². The van der Waals surface area contributed by atoms with Gasteiger partial charge >= 0.3 is 0 Å². The molecule has 4 heterocycles. The van der Waals surface area contributed by atoms with Gasteiger partial charge in [0.25, 0.3) is 0 Å². The molecule has 0 unspecified atom stereocenters. The second-order valence-corrected chi connectivity index (χ2v) is 9.65. The molecule has 174 valence electrons. The Labute approximate surface area is 191 Å². The fraction of sp³-hybridized carbons (Fsp3) is 0.583. The summed E-state index contributed by atoms with van der Waals surface area (Å²) < 4.78 is 35.7. The summed E-state index contributed by atoms with van der Waals surface area (Å²) in [5, 5.41) is 5.37. The average molecular weight is 455 g/mol. The lowest BCUT2D eigenvalue weighted by Crippen LogP contribution is -2.39. The van der Waals surface area contributed by atoms with Gasteiger partial charge in [-0.2, -0.15) is 10.1 Å². The summed E-state index contributed by atoms with van der Waals surface area (Å²) in [6.45, 7) is 3.79. The summed E-state index contributed by atoms with van der Waals surface area (Å²) in [5.74, 6) is -1.97. The first-order valence-electron chi connectivity index (χ1n) is 11.9. The molecular formula is C24H28F2N6O. The van der Waals surface area contributed by atoms with Crippen LogP contribution < -0.4 is 4.90 Å². The van der Waals surface area contributed by atoms with Crippen LogP contribution in [0.1, 0.15) is 73.5 Å². The average Bonchev–Trinajstić information content (AvgIpc) is 3.54. The molecule has 1 aliphatic heterocycles. The Balaban J connectivity index is 1.31. The lowest BCUT2D eigenvalue weighted by molar-refractivity contribution is -0.0383. The lowest BCUT2D eigenvalue weighted by Gasteiger charge is -2.33. The molecule has 2 aliphatic carbocycles. The first kappa shape index (κ1) is 20.9. The molecule has 33 heavy (non-hydrogen) atoms. The zero-order chi connectivity index (χ0) is 22.6. The van der Waals surface area contributed by atoms with E-state index >= 15 is 0 Å². The highest BCUT2D eigenvalue weighted by molar-refractivity contribution is 5.79. The highest BCUT2D eigenvalue weighted by Crippen LogP contribution is 2.42. The summed E-state index contributed by atoms with van der Waals surface area (Å²) in [4.78, 5) is 16.5. The number of ether oxygens (including phenoxy) is 1. The van der Waals surface area contributed by atoms with Gasteiger partial charge in [0.2, 0.25) is 11.9 Å². The van der Waals surface area contributed by atoms with E-state index in [1.54, 1.807) is 0 Å². The Morgan fingerprint density at radius 3 is 2.67 bits per heavy atom. The van der Waals surface area contributed by atoms with Crippen LogP contribution >= 0.6 is 0 Å². The number of nitrogens with zero attached hydrogens (tertiary/aromatic N) is 6. The van der Waals surface area contributed by atoms with Gasteiger partial charge in [-0.05, 0) is 44.7 Å². The molecule has 9 heteroatoms. The van der Waals surface area contributed by atoms with E-state index in [0.717, 1.165) is 22.3 Å². The summed E-state index contributed by atoms with van der Waals surface area (Å²) in [6.07, 6.45) is 6.92. The third kappa shape index (κ3) is 4.18. The van der Waals surface area contributed by atoms with E-state index in [1.165, 1.54) is 12.8 Å². The van der Waals surface area contributed by atoms with Gasteiger partial charge in [0, 0.05) is 48.1 Å². The summed E-state index contributed by atoms with van der Waals surface area (Å²) >= 11 is 0. The minimum Gasteiger partial charge on any atom is -0.370 e. The Bertz CT molecular complexity index is 1170. The molecule has 1 atom stereocenters. The fourth-order valence-corrected chi connectivity index (χ4v) is 4.97. The van der Waals surface area contributed by atoms with Crippen molar-refractivity contribution < 1.29 is 13.5 Å². The molecule has 0 N–H and O–H groups in total. The highest BCUT2D eigenvalue weighted by Gasteiger charge is 2.37. The summed E-state index contributed by atoms with van der Waals surface area (Å²) in [5.41, 5.74) is 3.43. The number of hydrogen-bond acceptors (Lipinski definition) is 6. The first-order valence-corrected chi connectivity index (χ1v) is 11.9. The minimum atomic E-state index is -2.57. The smallest absolute Gasteiger partial charge is 0.248 e. The molecule has 3 aliphatic rings. The van der Waals surface area contributed by atoms with Gasteiger partial charge in [-0.15, -0.1) is 0 Å². The SMILES string of the molecule is Cc1ccc2c(C3CCC(F)(F)CC3)nc(N3CCO[C@@H](c4cnn(C5CC5)c4)C3)nc2n1. The number of fused-ring (bicyclic) bond motifs is 1. The molecule has 0 bridgehead atoms. The quantitative estimate of drug-likeness (QED) is 0.568. The van der Waals surface area contributed by atoms with E-state index in [9.17, 15) is 8.78 Å². The number of anilines is 1. The lowest BCUT2D eigenvalue weighted by atomic mass is 9.83. The van der Waals surface area contributed by atoms with Crippen molar-refractivity contribution in [3.8, 4) is 0 Å². The number of aromatic nitrogens is 5. The zero-order valence-corrected chi connectivity index (χ0v) is 18.8. The second kappa shape index (κ2) is 7.97. The van der Waals surface area contributed by atoms with E-state index in [4.69, 9.17) is 14.7 Å². The van der Waals surface area contributed by atoms with Crippen LogP contribution in [0.4, 0.5) is 14.7 Å². The maximum atomic E-state index is 13.8. The number of pyridine rings is 1. The van der Waals surface area contributed by atoms with Crippen molar-refractivity contribution in [2.75, 3.05) is 24.6 Å². The number of rotatable bonds is 4. The van der Waals surface area contributed by atoms with Crippen LogP contribution in [0.25, 0.3) is 11.0 Å². The predicted octanol–water partition coefficient (Wildman–Crippen LogP) is 4.74. The molecular weight excluding hydrogens is 426 g/mol. The van der Waals surface area contributed by atoms with Gasteiger partial charge in [-0.1, -0.05) is 0 Å². The molecule has 2 saturated carbocycles. The van der Waals surface area contributed by atoms with Gasteiger partial charge in [0.05, 0.1) is 31.1 Å². The zero-order valence-electron chi connectivity index (χ0n) is 18.8. The normalized spacial score (nSPS) is 23.8. The Kier molecular flexibility index (Phi) is 5.05. The highest BCUT2D eigenvalue weighted by atomic mass is 19.3. The number of aryl methyl sites for hydroxylation is 1. The summed E-state index contributed by atoms with van der Waals surface area (Å²) in [6, 6.07) is 4.45. The molecule has 3 fully saturated rings. The van der Waals surface area contributed by atoms with Crippen molar-refractivity contribution in [1.82, 2.24) is 24.7 Å². The Hall–Kier alpha value is -2.68. The van der Waals surface area contributed by atoms with Gasteiger partial charge in [0.15, 0.2) is 5.65 Å². The molecule has 3 aromatic rings. The molecule has 0 aromatic carbocycles. The van der Waals surface area contributed by atoms with Crippen LogP contribution in [-0.2, 0) is 4.74 Å². The first-order chi connectivity index (χ1) is 15.9. The monoisotopic (exact) mass is 454 g/mol. The topological polar surface area (TPSA) is 69.0 Å². The van der Waals surface area contributed by atoms with E-state index in [-0.39, 0.29) is 24.9 Å². The van der Waals surface area contributed by atoms with Crippen LogP contribution in [-0.4, -0.2) is 50.4 Å². The third-order valence-corrected chi connectivity index (χ3v) is 7.08. The molecule has 6 rings (SSSR count). The van der Waals surface area contributed by atoms with Gasteiger partial charge < -0.3 is 9.64 Å². The molecule has 1 saturated heterocycles. The van der Waals surface area contributed by atoms with Crippen LogP contribution in [0.5, 0.6) is 0 Å². The molecule has 0 amide bonds. The van der Waals surface area contributed by atoms with E-state index in [0.29, 0.717) is 50.2 Å². The van der Waals surface area contributed by atoms with Gasteiger partial charge in [-0.3, -0.25) is 4.68 Å². The van der Waals surface area contributed by atoms with Crippen molar-refractivity contribution in [2.24, 2.45) is 0 Å². The van der Waals surface area contributed by atoms with Crippen molar-refractivity contribution >= 4 is 17.0 Å². The third-order valence-electron chi connectivity index (χ3n) is 7.08. The minimum absolute atomic E-state index is 0.00741. The second-order valence-electron chi connectivity index (χ2n) is 9.65. The number of halogens is 2. The summed E-state index contributed by atoms with van der Waals surface area (Å²) in [7, 11) is 0. The number of alkyl halides is 2. The molecule has 0 radical (unpaired) electrons. The largest absolute Gasteiger partial charge is 0.370 e. The van der Waals surface area contributed by atoms with Crippen LogP contribution in [0.15, 0.2) is 24.5 Å². The van der Waals surface area contributed by atoms with Gasteiger partial charge in [-0.25, -0.2) is 18.7 Å². The maximum Gasteiger partial charge on any atom is 0.248 e. The van der Waals surface area contributed by atoms with Crippen molar-refractivity contribution in [3.05, 3.63) is 41.5 Å². The predicted molar refractivity (Wildman–Crippen MR) is 120 cm³/mol. The molecule has 7 nitrogen and oxygen atoms in total. The Morgan fingerprint density at radius 1 is 1.06 bits per heavy atom. The van der Waals surface area contributed by atoms with E-state index < -0.39 is 5.92 Å². The van der Waals surface area contributed by atoms with Crippen LogP contribution in [0.3, 0.4) is 0 Å². The van der Waals surface area contributed by atoms with Crippen molar-refractivity contribution in [3.63, 3.8) is 0 Å². The number of morpholine rings is 1. The van der Waals surface area contributed by atoms with Gasteiger partial charge in [0.1, 0.15) is 6.10 Å². The Morgan fingerprint density at radius 2 is 1.88 bits per heavy atom. The maximum absolute atomic E-state index is 13.8. The van der Waals surface area contributed by atoms with Crippen LogP contribution in [0, 0.1) is 6.92 Å². The molecule has 0 spiro atoms. The number of hydrogen-bond donors (Lipinski definition) is 0. The van der Waals surface area contributed by atoms with E-state index in [2.05, 4.69) is 21.2 Å². The van der Waals surface area contributed by atoms with E-state index in [1.807, 2.05) is 29.9 Å². The standard InChI is InChI=1S/C24H28F2N6O/c1-15-2-5-19-21(16-6-8-24(25,26)9-7-16)29-23(30-22(19)28-15)31-10-11-33-20(14-31)17-12-27-32(13-17)18-3-4-18/h2,5,12-13,16,18,20H,3-4,6-11,14H2,1H3/t20-/m1/s1. The van der Waals surface area contributed by atoms with Crippen molar-refractivity contribution in [1.29, 1.82) is 0 Å². The van der Waals surface area contributed by atoms with Crippen molar-refractivity contribution in [2.45, 2.75) is 69.4 Å².